The number of hydrogen-bond acceptors (Lipinski definition) is 3. The lowest BCUT2D eigenvalue weighted by Gasteiger charge is -2.40. The monoisotopic (exact) mass is 301 g/mol. The van der Waals surface area contributed by atoms with Gasteiger partial charge in [0.15, 0.2) is 10.4 Å². The van der Waals surface area contributed by atoms with Crippen LogP contribution in [0.1, 0.15) is 18.2 Å². The molecule has 5 rings (SSSR count). The fraction of sp³-hybridized carbons (Fsp3) is 0.333. The summed E-state index contributed by atoms with van der Waals surface area (Å²) in [4.78, 5) is 27.5. The largest absolute Gasteiger partial charge is 0.356 e. The Balaban J connectivity index is 2.08. The quantitative estimate of drug-likeness (QED) is 0.742. The zero-order chi connectivity index (χ0) is 14.8. The summed E-state index contributed by atoms with van der Waals surface area (Å²) < 4.78 is 0. The molecule has 0 saturated carbocycles. The van der Waals surface area contributed by atoms with E-state index >= 15 is 0 Å². The number of nitrogens with one attached hydrogen (secondary N) is 3. The number of hydrogen-bond donors (Lipinski definition) is 3. The predicted molar refractivity (Wildman–Crippen MR) is 81.9 cm³/mol. The Morgan fingerprint density at radius 1 is 1.14 bits per heavy atom. The highest BCUT2D eigenvalue weighted by Gasteiger charge is 2.57. The molecular weight excluding hydrogens is 286 g/mol. The minimum Gasteiger partial charge on any atom is -0.356 e. The van der Waals surface area contributed by atoms with Gasteiger partial charge in [0, 0.05) is 17.3 Å². The lowest BCUT2D eigenvalue weighted by molar-refractivity contribution is -0.142. The van der Waals surface area contributed by atoms with E-state index in [9.17, 15) is 9.59 Å². The third-order valence-corrected chi connectivity index (χ3v) is 5.72. The molecule has 0 aliphatic carbocycles. The van der Waals surface area contributed by atoms with Gasteiger partial charge in [-0.2, -0.15) is 0 Å². The van der Waals surface area contributed by atoms with E-state index in [1.807, 2.05) is 30.5 Å². The van der Waals surface area contributed by atoms with Crippen molar-refractivity contribution >= 4 is 34.5 Å². The number of fused-ring (bicyclic) bond motifs is 3. The van der Waals surface area contributed by atoms with Gasteiger partial charge in [0.05, 0.1) is 5.69 Å². The standard InChI is InChI=1S/C15H15N3O2S/c1-14-11-9(8-5-3-4-6-10(8)16-11)7-15(21-2,13(20)17-14)18-12(14)19/h3-6,16H,7H2,1-2H3,(H,17,20)(H,18,19)/t14-,15+/m1/s1. The average Bonchev–Trinajstić information content (AvgIpc) is 2.76. The minimum absolute atomic E-state index is 0.134. The second-order valence-corrected chi connectivity index (χ2v) is 6.87. The molecule has 0 spiro atoms. The summed E-state index contributed by atoms with van der Waals surface area (Å²) in [5.41, 5.74) is 1.79. The Hall–Kier alpha value is -1.95. The number of amides is 2. The van der Waals surface area contributed by atoms with Crippen LogP contribution in [0.25, 0.3) is 10.9 Å². The van der Waals surface area contributed by atoms with Crippen LogP contribution in [0.2, 0.25) is 0 Å². The Kier molecular flexibility index (Phi) is 2.32. The second kappa shape index (κ2) is 3.82. The number of benzene rings is 1. The number of carbonyl (C=O) groups excluding carboxylic acids is 2. The molecule has 1 aromatic carbocycles. The number of rotatable bonds is 1. The van der Waals surface area contributed by atoms with Crippen LogP contribution in [-0.2, 0) is 21.5 Å². The SMILES string of the molecule is CS[C@@]12Cc3c([nH]c4ccccc34)[C@@](C)(NC1=O)C(=O)N2. The van der Waals surface area contributed by atoms with Gasteiger partial charge in [0.25, 0.3) is 11.8 Å². The van der Waals surface area contributed by atoms with Gasteiger partial charge in [-0.05, 0) is 24.8 Å². The summed E-state index contributed by atoms with van der Waals surface area (Å²) in [5, 5.41) is 6.91. The van der Waals surface area contributed by atoms with E-state index < -0.39 is 10.4 Å². The third kappa shape index (κ3) is 1.43. The van der Waals surface area contributed by atoms with Gasteiger partial charge in [0.1, 0.15) is 0 Å². The van der Waals surface area contributed by atoms with Crippen LogP contribution in [0.15, 0.2) is 24.3 Å². The maximum Gasteiger partial charge on any atom is 0.257 e. The molecule has 2 amide bonds. The lowest BCUT2D eigenvalue weighted by Crippen LogP contribution is -2.70. The predicted octanol–water partition coefficient (Wildman–Crippen LogP) is 1.24. The maximum atomic E-state index is 12.6. The molecule has 4 heterocycles. The second-order valence-electron chi connectivity index (χ2n) is 5.77. The number of aromatic nitrogens is 1. The van der Waals surface area contributed by atoms with Crippen LogP contribution in [0.4, 0.5) is 0 Å². The molecule has 6 heteroatoms. The van der Waals surface area contributed by atoms with Gasteiger partial charge in [-0.15, -0.1) is 11.8 Å². The normalized spacial score (nSPS) is 30.8. The van der Waals surface area contributed by atoms with Crippen molar-refractivity contribution in [3.05, 3.63) is 35.5 Å². The molecule has 0 unspecified atom stereocenters. The molecule has 1 saturated heterocycles. The molecule has 0 radical (unpaired) electrons. The number of piperazine rings is 1. The molecule has 108 valence electrons. The molecule has 2 aromatic rings. The fourth-order valence-corrected chi connectivity index (χ4v) is 4.05. The van der Waals surface area contributed by atoms with Crippen LogP contribution in [0.3, 0.4) is 0 Å². The smallest absolute Gasteiger partial charge is 0.257 e. The zero-order valence-electron chi connectivity index (χ0n) is 11.7. The highest BCUT2D eigenvalue weighted by Crippen LogP contribution is 2.42. The summed E-state index contributed by atoms with van der Waals surface area (Å²) in [7, 11) is 0. The molecule has 2 atom stereocenters. The average molecular weight is 301 g/mol. The maximum absolute atomic E-state index is 12.6. The van der Waals surface area contributed by atoms with Gasteiger partial charge >= 0.3 is 0 Å². The molecule has 1 fully saturated rings. The van der Waals surface area contributed by atoms with Gasteiger partial charge in [-0.1, -0.05) is 18.2 Å². The highest BCUT2D eigenvalue weighted by molar-refractivity contribution is 8.00. The number of thioether (sulfide) groups is 1. The van der Waals surface area contributed by atoms with Crippen LogP contribution in [0.5, 0.6) is 0 Å². The topological polar surface area (TPSA) is 74.0 Å². The van der Waals surface area contributed by atoms with Gasteiger partial charge in [-0.25, -0.2) is 0 Å². The van der Waals surface area contributed by atoms with E-state index in [2.05, 4.69) is 15.6 Å². The van der Waals surface area contributed by atoms with Crippen LogP contribution in [0, 0.1) is 0 Å². The van der Waals surface area contributed by atoms with Crippen molar-refractivity contribution in [2.24, 2.45) is 0 Å². The summed E-state index contributed by atoms with van der Waals surface area (Å²) in [6.45, 7) is 1.75. The van der Waals surface area contributed by atoms with Gasteiger partial charge in [-0.3, -0.25) is 9.59 Å². The van der Waals surface area contributed by atoms with Crippen molar-refractivity contribution in [1.29, 1.82) is 0 Å². The molecule has 5 nitrogen and oxygen atoms in total. The Labute approximate surface area is 125 Å². The van der Waals surface area contributed by atoms with E-state index in [0.717, 1.165) is 22.2 Å². The van der Waals surface area contributed by atoms with Crippen LogP contribution in [-0.4, -0.2) is 27.9 Å². The molecule has 2 bridgehead atoms. The van der Waals surface area contributed by atoms with E-state index in [4.69, 9.17) is 0 Å². The first kappa shape index (κ1) is 12.8. The first-order valence-corrected chi connectivity index (χ1v) is 8.03. The Morgan fingerprint density at radius 2 is 1.90 bits per heavy atom. The highest BCUT2D eigenvalue weighted by atomic mass is 32.2. The van der Waals surface area contributed by atoms with Crippen molar-refractivity contribution in [1.82, 2.24) is 15.6 Å². The van der Waals surface area contributed by atoms with Crippen molar-refractivity contribution in [2.75, 3.05) is 6.26 Å². The first-order valence-electron chi connectivity index (χ1n) is 6.81. The van der Waals surface area contributed by atoms with Gasteiger partial charge < -0.3 is 15.6 Å². The molecule has 3 N–H and O–H groups in total. The molecule has 21 heavy (non-hydrogen) atoms. The third-order valence-electron chi connectivity index (χ3n) is 4.59. The molecule has 1 aromatic heterocycles. The summed E-state index contributed by atoms with van der Waals surface area (Å²) >= 11 is 1.37. The fourth-order valence-electron chi connectivity index (χ4n) is 3.33. The number of aromatic amines is 1. The Morgan fingerprint density at radius 3 is 2.67 bits per heavy atom. The van der Waals surface area contributed by atoms with E-state index in [1.54, 1.807) is 6.92 Å². The molecule has 3 aliphatic heterocycles. The number of carbonyl (C=O) groups is 2. The van der Waals surface area contributed by atoms with Crippen LogP contribution < -0.4 is 10.6 Å². The summed E-state index contributed by atoms with van der Waals surface area (Å²) in [6.07, 6.45) is 2.34. The lowest BCUT2D eigenvalue weighted by atomic mass is 9.93. The van der Waals surface area contributed by atoms with Crippen molar-refractivity contribution < 1.29 is 9.59 Å². The van der Waals surface area contributed by atoms with E-state index in [1.165, 1.54) is 11.8 Å². The molecular formula is C15H15N3O2S. The Bertz CT molecular complexity index is 799. The van der Waals surface area contributed by atoms with E-state index in [0.29, 0.717) is 6.42 Å². The van der Waals surface area contributed by atoms with Crippen molar-refractivity contribution in [3.63, 3.8) is 0 Å². The summed E-state index contributed by atoms with van der Waals surface area (Å²) in [6, 6.07) is 7.96. The summed E-state index contributed by atoms with van der Waals surface area (Å²) in [5.74, 6) is -0.299. The molecule has 3 aliphatic rings. The zero-order valence-corrected chi connectivity index (χ0v) is 12.6. The van der Waals surface area contributed by atoms with Crippen molar-refractivity contribution in [3.8, 4) is 0 Å². The van der Waals surface area contributed by atoms with Crippen LogP contribution >= 0.6 is 11.8 Å². The van der Waals surface area contributed by atoms with E-state index in [-0.39, 0.29) is 11.8 Å². The van der Waals surface area contributed by atoms with Gasteiger partial charge in [0.2, 0.25) is 0 Å². The number of H-pyrrole nitrogens is 1. The minimum atomic E-state index is -1.04. The first-order chi connectivity index (χ1) is 10.00. The van der Waals surface area contributed by atoms with Crippen molar-refractivity contribution in [2.45, 2.75) is 23.8 Å². The number of para-hydroxylation sites is 1.